The molecule has 0 amide bonds. The standard InChI is InChI=1S/C86H53B5N2/c1-46-21-17-22-47(2)76(46)87-62-35-13-15-37-64(62)89-70-45-71-86-80-85(70)92-81-58(74(60-41-43-66(87)78(89)83(60)92)72-54-29-9-5-25-50(54)51-26-6-10-30-55(51)72)33-19-39-68(81)91(80)69-40-20-34-59-75(73-56-31-11-7-27-52(56)53-28-8-12-32-57(53)73)61-42-44-67-79(84(61)93(86)82(59)69)90(71)65-38-16-14-36-63(65)88(67)77-48(3)23-18-24-49(77)4/h5-45H,1-4H3. The van der Waals surface area contributed by atoms with E-state index in [0.29, 0.717) is 0 Å². The lowest BCUT2D eigenvalue weighted by atomic mass is 9.17. The molecule has 0 bridgehead atoms. The van der Waals surface area contributed by atoms with Gasteiger partial charge >= 0.3 is 0 Å². The van der Waals surface area contributed by atoms with Gasteiger partial charge in [-0.05, 0) is 122 Å². The second-order valence-electron chi connectivity index (χ2n) is 28.0. The van der Waals surface area contributed by atoms with Gasteiger partial charge in [-0.1, -0.05) is 315 Å². The molecule has 8 heterocycles. The summed E-state index contributed by atoms with van der Waals surface area (Å²) in [6, 6.07) is 98.1. The molecule has 23 rings (SSSR count). The molecule has 10 aliphatic rings. The van der Waals surface area contributed by atoms with E-state index >= 15 is 0 Å². The van der Waals surface area contributed by atoms with Gasteiger partial charge < -0.3 is 9.80 Å². The Labute approximate surface area is 543 Å². The summed E-state index contributed by atoms with van der Waals surface area (Å²) in [5.41, 5.74) is 55.9. The summed E-state index contributed by atoms with van der Waals surface area (Å²) in [6.45, 7) is 9.26. The number of fused-ring (bicyclic) bond motifs is 14. The maximum Gasteiger partial charge on any atom is 0.252 e. The Morgan fingerprint density at radius 2 is 0.452 bits per heavy atom. The van der Waals surface area contributed by atoms with E-state index in [-0.39, 0.29) is 33.6 Å². The first-order chi connectivity index (χ1) is 45.9. The van der Waals surface area contributed by atoms with Gasteiger partial charge in [0.15, 0.2) is 0 Å². The highest BCUT2D eigenvalue weighted by atomic mass is 15.2. The third-order valence-corrected chi connectivity index (χ3v) is 23.9. The van der Waals surface area contributed by atoms with Crippen molar-refractivity contribution in [2.24, 2.45) is 0 Å². The summed E-state index contributed by atoms with van der Waals surface area (Å²) >= 11 is 0. The summed E-state index contributed by atoms with van der Waals surface area (Å²) < 4.78 is 0. The van der Waals surface area contributed by atoms with Crippen molar-refractivity contribution < 1.29 is 0 Å². The molecule has 8 aliphatic heterocycles. The van der Waals surface area contributed by atoms with E-state index in [9.17, 15) is 0 Å². The second-order valence-corrected chi connectivity index (χ2v) is 28.0. The summed E-state index contributed by atoms with van der Waals surface area (Å²) in [4.78, 5) is 5.75. The summed E-state index contributed by atoms with van der Waals surface area (Å²) in [5, 5.41) is 0. The predicted octanol–water partition coefficient (Wildman–Crippen LogP) is 8.92. The fourth-order valence-electron chi connectivity index (χ4n) is 20.8. The number of hydrogen-bond donors (Lipinski definition) is 0. The molecule has 422 valence electrons. The molecule has 0 spiro atoms. The van der Waals surface area contributed by atoms with Crippen LogP contribution in [0.4, 0.5) is 34.1 Å². The zero-order chi connectivity index (χ0) is 60.7. The first kappa shape index (κ1) is 50.0. The third-order valence-electron chi connectivity index (χ3n) is 23.9. The molecule has 0 radical (unpaired) electrons. The normalized spacial score (nSPS) is 15.1. The van der Waals surface area contributed by atoms with E-state index in [2.05, 4.69) is 286 Å². The van der Waals surface area contributed by atoms with Crippen LogP contribution in [0.2, 0.25) is 0 Å². The lowest BCUT2D eigenvalue weighted by Gasteiger charge is -2.56. The molecule has 13 aromatic carbocycles. The molecule has 13 aromatic rings. The number of anilines is 6. The molecular formula is C86H53B5N2. The highest BCUT2D eigenvalue weighted by molar-refractivity contribution is 7.16. The van der Waals surface area contributed by atoms with Gasteiger partial charge in [-0.2, -0.15) is 0 Å². The summed E-state index contributed by atoms with van der Waals surface area (Å²) in [7, 11) is 0. The Balaban J connectivity index is 0.915. The minimum Gasteiger partial charge on any atom is -0.311 e. The van der Waals surface area contributed by atoms with Crippen molar-refractivity contribution in [3.63, 3.8) is 0 Å². The summed E-state index contributed by atoms with van der Waals surface area (Å²) in [6.07, 6.45) is 0. The van der Waals surface area contributed by atoms with Crippen molar-refractivity contribution in [2.45, 2.75) is 27.7 Å². The van der Waals surface area contributed by atoms with Gasteiger partial charge in [0.2, 0.25) is 26.9 Å². The van der Waals surface area contributed by atoms with Gasteiger partial charge in [0.1, 0.15) is 0 Å². The molecule has 0 unspecified atom stereocenters. The highest BCUT2D eigenvalue weighted by Gasteiger charge is 2.59. The lowest BCUT2D eigenvalue weighted by molar-refractivity contribution is 1.22. The highest BCUT2D eigenvalue weighted by Crippen LogP contribution is 2.60. The Morgan fingerprint density at radius 3 is 0.817 bits per heavy atom. The fourth-order valence-corrected chi connectivity index (χ4v) is 20.8. The van der Waals surface area contributed by atoms with Crippen molar-refractivity contribution in [2.75, 3.05) is 9.80 Å². The largest absolute Gasteiger partial charge is 0.311 e. The van der Waals surface area contributed by atoms with Gasteiger partial charge in [0, 0.05) is 67.5 Å². The zero-order valence-corrected chi connectivity index (χ0v) is 52.0. The first-order valence-electron chi connectivity index (χ1n) is 33.5. The van der Waals surface area contributed by atoms with Crippen LogP contribution in [0.3, 0.4) is 0 Å². The maximum atomic E-state index is 2.88. The van der Waals surface area contributed by atoms with Crippen LogP contribution in [-0.4, -0.2) is 33.6 Å². The van der Waals surface area contributed by atoms with Gasteiger partial charge in [0.25, 0.3) is 6.71 Å². The lowest BCUT2D eigenvalue weighted by Crippen LogP contribution is -2.81. The molecular weight excluding hydrogens is 1120 g/mol. The smallest absolute Gasteiger partial charge is 0.252 e. The maximum absolute atomic E-state index is 2.88. The second kappa shape index (κ2) is 17.2. The zero-order valence-electron chi connectivity index (χ0n) is 52.0. The molecule has 93 heavy (non-hydrogen) atoms. The van der Waals surface area contributed by atoms with Gasteiger partial charge in [-0.15, -0.1) is 0 Å². The predicted molar refractivity (Wildman–Crippen MR) is 398 cm³/mol. The number of hydrogen-bond acceptors (Lipinski definition) is 2. The van der Waals surface area contributed by atoms with Gasteiger partial charge in [-0.25, -0.2) is 0 Å². The van der Waals surface area contributed by atoms with Crippen LogP contribution in [0.5, 0.6) is 0 Å². The summed E-state index contributed by atoms with van der Waals surface area (Å²) in [5.74, 6) is 0. The van der Waals surface area contributed by atoms with Crippen molar-refractivity contribution in [3.05, 3.63) is 315 Å². The number of rotatable bonds is 2. The molecule has 0 aromatic heterocycles. The SMILES string of the molecule is Cc1cccc(C)c1B1c2ccccc2B2c3cc4c5c6c3N3c7c(cccc7C(=C7c8ccccc8-c8ccccc87)c7ccc1c2c73)B6c1cccc2c1N5c1c(ccc3c1B4c1ccccc1B3c1c(C)cccc1C)C2=C1c2ccccc2-c2ccccc21. The number of aryl methyl sites for hydroxylation is 4. The molecule has 0 saturated carbocycles. The Bertz CT molecular complexity index is 5400. The van der Waals surface area contributed by atoms with Gasteiger partial charge in [-0.3, -0.25) is 0 Å². The molecule has 0 N–H and O–H groups in total. The van der Waals surface area contributed by atoms with E-state index in [0.717, 1.165) is 0 Å². The molecule has 0 fully saturated rings. The number of nitrogens with zero attached hydrogens (tertiary/aromatic N) is 2. The minimum atomic E-state index is -0.0881. The average molecular weight is 1170 g/mol. The topological polar surface area (TPSA) is 6.48 Å². The molecule has 0 saturated heterocycles. The van der Waals surface area contributed by atoms with Crippen LogP contribution in [0.25, 0.3) is 44.5 Å². The fraction of sp³-hybridized carbons (Fsp3) is 0.0465. The van der Waals surface area contributed by atoms with Crippen LogP contribution >= 0.6 is 0 Å². The number of benzene rings is 13. The Morgan fingerprint density at radius 1 is 0.183 bits per heavy atom. The van der Waals surface area contributed by atoms with Crippen molar-refractivity contribution in [3.8, 4) is 22.3 Å². The third kappa shape index (κ3) is 5.78. The van der Waals surface area contributed by atoms with E-state index < -0.39 is 0 Å². The monoisotopic (exact) mass is 1170 g/mol. The van der Waals surface area contributed by atoms with Crippen molar-refractivity contribution in [1.82, 2.24) is 0 Å². The van der Waals surface area contributed by atoms with Crippen LogP contribution < -0.4 is 91.7 Å². The van der Waals surface area contributed by atoms with E-state index in [1.807, 2.05) is 0 Å². The van der Waals surface area contributed by atoms with Crippen molar-refractivity contribution >= 4 is 172 Å². The molecule has 2 aliphatic carbocycles. The quantitative estimate of drug-likeness (QED) is 0.160. The molecule has 0 atom stereocenters. The minimum absolute atomic E-state index is 0.0374. The van der Waals surface area contributed by atoms with E-state index in [4.69, 9.17) is 0 Å². The van der Waals surface area contributed by atoms with Gasteiger partial charge in [0.05, 0.1) is 0 Å². The molecule has 2 nitrogen and oxygen atoms in total. The van der Waals surface area contributed by atoms with Crippen LogP contribution in [0.15, 0.2) is 249 Å². The average Bonchev–Trinajstić information content (AvgIpc) is 0.658. The van der Waals surface area contributed by atoms with E-state index in [1.54, 1.807) is 0 Å². The van der Waals surface area contributed by atoms with Crippen molar-refractivity contribution in [1.29, 1.82) is 0 Å². The Kier molecular flexibility index (Phi) is 9.26. The first-order valence-corrected chi connectivity index (χ1v) is 33.5. The molecule has 7 heteroatoms. The van der Waals surface area contributed by atoms with Crippen LogP contribution in [0, 0.1) is 27.7 Å². The van der Waals surface area contributed by atoms with Crippen LogP contribution in [0.1, 0.15) is 66.8 Å². The van der Waals surface area contributed by atoms with E-state index in [1.165, 1.54) is 227 Å². The Hall–Kier alpha value is -10.7. The van der Waals surface area contributed by atoms with Crippen LogP contribution in [-0.2, 0) is 0 Å². The number of para-hydroxylation sites is 2.